The number of hydrogen-bond acceptors (Lipinski definition) is 3. The molecule has 3 fully saturated rings. The van der Waals surface area contributed by atoms with Crippen molar-refractivity contribution < 1.29 is 36.2 Å². The Morgan fingerprint density at radius 2 is 1.45 bits per heavy atom. The van der Waals surface area contributed by atoms with Gasteiger partial charge in [-0.3, -0.25) is 0 Å². The molecule has 2 aliphatic carbocycles. The maximum absolute atomic E-state index is 15.1. The third-order valence-corrected chi connectivity index (χ3v) is 8.42. The summed E-state index contributed by atoms with van der Waals surface area (Å²) in [7, 11) is 0. The second kappa shape index (κ2) is 11.6. The van der Waals surface area contributed by atoms with Crippen molar-refractivity contribution in [2.24, 2.45) is 17.8 Å². The molecule has 0 amide bonds. The average molecular weight is 539 g/mol. The standard InChI is InChI=1S/C30H35F5O3/c1-18-16-36-29(37-17-18)20-2-8-23(9-3-20)30(34,35)38-24-10-4-19(5-11-24)21-6-12-25(27(32)14-21)22-7-13-26(31)28(33)15-22/h6-7,12-15,18-20,23-24,29H,2-5,8-11,16-17H2,1H3. The second-order valence-corrected chi connectivity index (χ2v) is 11.3. The Hall–Kier alpha value is -2.03. The van der Waals surface area contributed by atoms with Crippen LogP contribution in [0.3, 0.4) is 0 Å². The van der Waals surface area contributed by atoms with Crippen molar-refractivity contribution in [1.82, 2.24) is 0 Å². The number of rotatable bonds is 6. The van der Waals surface area contributed by atoms with Gasteiger partial charge in [-0.05, 0) is 86.6 Å². The van der Waals surface area contributed by atoms with E-state index in [2.05, 4.69) is 6.92 Å². The summed E-state index contributed by atoms with van der Waals surface area (Å²) in [5.74, 6) is -2.80. The normalized spacial score (nSPS) is 30.8. The van der Waals surface area contributed by atoms with E-state index in [1.54, 1.807) is 12.1 Å². The van der Waals surface area contributed by atoms with Gasteiger partial charge in [0.05, 0.1) is 25.2 Å². The van der Waals surface area contributed by atoms with E-state index < -0.39 is 35.6 Å². The molecule has 2 aromatic rings. The van der Waals surface area contributed by atoms with Gasteiger partial charge in [0.1, 0.15) is 5.82 Å². The molecule has 8 heteroatoms. The molecule has 0 N–H and O–H groups in total. The van der Waals surface area contributed by atoms with Crippen LogP contribution in [0, 0.1) is 35.2 Å². The van der Waals surface area contributed by atoms with Crippen LogP contribution in [0.25, 0.3) is 11.1 Å². The Kier molecular flexibility index (Phi) is 8.41. The summed E-state index contributed by atoms with van der Waals surface area (Å²) in [6.45, 7) is 3.36. The maximum atomic E-state index is 15.1. The summed E-state index contributed by atoms with van der Waals surface area (Å²) < 4.78 is 88.7. The summed E-state index contributed by atoms with van der Waals surface area (Å²) in [5.41, 5.74) is 1.23. The largest absolute Gasteiger partial charge is 0.358 e. The van der Waals surface area contributed by atoms with Crippen molar-refractivity contribution in [2.45, 2.75) is 82.7 Å². The van der Waals surface area contributed by atoms with Crippen LogP contribution in [0.4, 0.5) is 22.0 Å². The zero-order valence-electron chi connectivity index (χ0n) is 21.6. The van der Waals surface area contributed by atoms with E-state index in [0.717, 1.165) is 17.7 Å². The van der Waals surface area contributed by atoms with Gasteiger partial charge in [-0.1, -0.05) is 25.1 Å². The third kappa shape index (κ3) is 6.23. The van der Waals surface area contributed by atoms with Crippen molar-refractivity contribution in [1.29, 1.82) is 0 Å². The van der Waals surface area contributed by atoms with E-state index >= 15 is 8.78 Å². The Bertz CT molecular complexity index is 1090. The molecule has 1 saturated heterocycles. The van der Waals surface area contributed by atoms with Crippen molar-refractivity contribution >= 4 is 0 Å². The molecule has 1 heterocycles. The van der Waals surface area contributed by atoms with Gasteiger partial charge >= 0.3 is 6.11 Å². The van der Waals surface area contributed by atoms with Crippen LogP contribution in [-0.4, -0.2) is 31.7 Å². The quantitative estimate of drug-likeness (QED) is 0.347. The first-order chi connectivity index (χ1) is 18.2. The fourth-order valence-electron chi connectivity index (χ4n) is 6.13. The molecule has 0 bridgehead atoms. The molecular formula is C30H35F5O3. The minimum atomic E-state index is -3.18. The molecule has 0 radical (unpaired) electrons. The molecule has 0 spiro atoms. The zero-order valence-corrected chi connectivity index (χ0v) is 21.6. The molecular weight excluding hydrogens is 503 g/mol. The summed E-state index contributed by atoms with van der Waals surface area (Å²) >= 11 is 0. The second-order valence-electron chi connectivity index (χ2n) is 11.3. The summed E-state index contributed by atoms with van der Waals surface area (Å²) in [4.78, 5) is 0. The van der Waals surface area contributed by atoms with Gasteiger partial charge in [-0.25, -0.2) is 13.2 Å². The topological polar surface area (TPSA) is 27.7 Å². The highest BCUT2D eigenvalue weighted by atomic mass is 19.3. The molecule has 38 heavy (non-hydrogen) atoms. The van der Waals surface area contributed by atoms with Gasteiger partial charge in [0, 0.05) is 17.4 Å². The Labute approximate surface area is 220 Å². The van der Waals surface area contributed by atoms with E-state index in [0.29, 0.717) is 70.5 Å². The van der Waals surface area contributed by atoms with Crippen molar-refractivity contribution in [3.8, 4) is 11.1 Å². The van der Waals surface area contributed by atoms with E-state index in [1.165, 1.54) is 12.1 Å². The van der Waals surface area contributed by atoms with Gasteiger partial charge in [0.2, 0.25) is 0 Å². The molecule has 0 aromatic heterocycles. The summed E-state index contributed by atoms with van der Waals surface area (Å²) in [6, 6.07) is 8.04. The van der Waals surface area contributed by atoms with Gasteiger partial charge in [-0.2, -0.15) is 8.78 Å². The van der Waals surface area contributed by atoms with Crippen LogP contribution in [0.5, 0.6) is 0 Å². The molecule has 2 saturated carbocycles. The molecule has 0 unspecified atom stereocenters. The van der Waals surface area contributed by atoms with Gasteiger partial charge < -0.3 is 14.2 Å². The van der Waals surface area contributed by atoms with Crippen LogP contribution in [-0.2, 0) is 14.2 Å². The number of alkyl halides is 2. The summed E-state index contributed by atoms with van der Waals surface area (Å²) in [6.07, 6.45) is 0.244. The number of hydrogen-bond donors (Lipinski definition) is 0. The van der Waals surface area contributed by atoms with Crippen LogP contribution in [0.2, 0.25) is 0 Å². The zero-order chi connectivity index (χ0) is 26.9. The van der Waals surface area contributed by atoms with Crippen LogP contribution in [0.15, 0.2) is 36.4 Å². The molecule has 3 aliphatic rings. The minimum absolute atomic E-state index is 0.0330. The number of ether oxygens (including phenoxy) is 3. The Balaban J connectivity index is 1.11. The lowest BCUT2D eigenvalue weighted by molar-refractivity contribution is -0.305. The monoisotopic (exact) mass is 538 g/mol. The van der Waals surface area contributed by atoms with Gasteiger partial charge in [0.25, 0.3) is 0 Å². The fourth-order valence-corrected chi connectivity index (χ4v) is 6.13. The predicted octanol–water partition coefficient (Wildman–Crippen LogP) is 8.22. The molecule has 2 aromatic carbocycles. The highest BCUT2D eigenvalue weighted by Gasteiger charge is 2.46. The van der Waals surface area contributed by atoms with E-state index in [4.69, 9.17) is 14.2 Å². The van der Waals surface area contributed by atoms with Crippen LogP contribution >= 0.6 is 0 Å². The highest BCUT2D eigenvalue weighted by molar-refractivity contribution is 5.64. The summed E-state index contributed by atoms with van der Waals surface area (Å²) in [5, 5.41) is 0. The first kappa shape index (κ1) is 27.5. The van der Waals surface area contributed by atoms with E-state index in [9.17, 15) is 13.2 Å². The molecule has 0 atom stereocenters. The SMILES string of the molecule is CC1COC(C2CCC(C(F)(F)OC3CCC(c4ccc(-c5ccc(F)c(F)c5)c(F)c4)CC3)CC2)OC1. The van der Waals surface area contributed by atoms with E-state index in [-0.39, 0.29) is 29.3 Å². The molecule has 5 rings (SSSR count). The van der Waals surface area contributed by atoms with Crippen molar-refractivity contribution in [3.05, 3.63) is 59.4 Å². The van der Waals surface area contributed by atoms with E-state index in [1.807, 2.05) is 0 Å². The van der Waals surface area contributed by atoms with Crippen molar-refractivity contribution in [2.75, 3.05) is 13.2 Å². The Morgan fingerprint density at radius 1 is 0.763 bits per heavy atom. The molecule has 208 valence electrons. The number of benzene rings is 2. The van der Waals surface area contributed by atoms with Crippen LogP contribution in [0.1, 0.15) is 69.8 Å². The lowest BCUT2D eigenvalue weighted by atomic mass is 9.80. The lowest BCUT2D eigenvalue weighted by Gasteiger charge is -2.39. The smallest absolute Gasteiger partial charge is 0.352 e. The van der Waals surface area contributed by atoms with Crippen molar-refractivity contribution in [3.63, 3.8) is 0 Å². The average Bonchev–Trinajstić information content (AvgIpc) is 2.91. The fraction of sp³-hybridized carbons (Fsp3) is 0.600. The predicted molar refractivity (Wildman–Crippen MR) is 133 cm³/mol. The van der Waals surface area contributed by atoms with Crippen LogP contribution < -0.4 is 0 Å². The number of halogens is 5. The lowest BCUT2D eigenvalue weighted by Crippen LogP contribution is -2.42. The first-order valence-corrected chi connectivity index (χ1v) is 13.7. The molecule has 3 nitrogen and oxygen atoms in total. The first-order valence-electron chi connectivity index (χ1n) is 13.7. The highest BCUT2D eigenvalue weighted by Crippen LogP contribution is 2.44. The Morgan fingerprint density at radius 3 is 2.08 bits per heavy atom. The molecule has 1 aliphatic heterocycles. The van der Waals surface area contributed by atoms with Gasteiger partial charge in [-0.15, -0.1) is 0 Å². The van der Waals surface area contributed by atoms with Gasteiger partial charge in [0.15, 0.2) is 17.9 Å². The minimum Gasteiger partial charge on any atom is -0.352 e. The third-order valence-electron chi connectivity index (χ3n) is 8.42. The maximum Gasteiger partial charge on any atom is 0.358 e.